The molecule has 3 aromatic rings. The molecule has 0 amide bonds. The van der Waals surface area contributed by atoms with Gasteiger partial charge in [0.15, 0.2) is 11.2 Å². The molecular weight excluding hydrogens is 385 g/mol. The van der Waals surface area contributed by atoms with Crippen LogP contribution in [-0.4, -0.2) is 36.9 Å². The fourth-order valence-electron chi connectivity index (χ4n) is 2.48. The maximum Gasteiger partial charge on any atom is 0.329 e. The van der Waals surface area contributed by atoms with Gasteiger partial charge in [-0.2, -0.15) is 4.98 Å². The molecule has 1 unspecified atom stereocenters. The third-order valence-corrected chi connectivity index (χ3v) is 4.29. The Kier molecular flexibility index (Phi) is 4.94. The number of aliphatic hydroxyl groups is 1. The van der Waals surface area contributed by atoms with Crippen LogP contribution in [0.1, 0.15) is 0 Å². The van der Waals surface area contributed by atoms with E-state index in [1.165, 1.54) is 22.2 Å². The van der Waals surface area contributed by atoms with Gasteiger partial charge in [-0.15, -0.1) is 0 Å². The van der Waals surface area contributed by atoms with E-state index in [-0.39, 0.29) is 30.3 Å². The number of imidazole rings is 1. The molecule has 2 aromatic heterocycles. The highest BCUT2D eigenvalue weighted by atomic mass is 35.5. The van der Waals surface area contributed by atoms with Gasteiger partial charge in [0.1, 0.15) is 18.5 Å². The number of nitrogens with two attached hydrogens (primary N) is 1. The van der Waals surface area contributed by atoms with Crippen LogP contribution < -0.4 is 21.7 Å². The number of aromatic amines is 1. The molecule has 0 bridgehead atoms. The van der Waals surface area contributed by atoms with Crippen LogP contribution in [-0.2, 0) is 13.6 Å². The van der Waals surface area contributed by atoms with Crippen molar-refractivity contribution in [3.63, 3.8) is 0 Å². The number of hydrogen-bond acceptors (Lipinski definition) is 6. The van der Waals surface area contributed by atoms with Gasteiger partial charge >= 0.3 is 5.69 Å². The number of nitrogen functional groups attached to an aromatic ring is 1. The summed E-state index contributed by atoms with van der Waals surface area (Å²) in [5.41, 5.74) is 4.81. The van der Waals surface area contributed by atoms with E-state index < -0.39 is 17.4 Å². The monoisotopic (exact) mass is 399 g/mol. The van der Waals surface area contributed by atoms with Gasteiger partial charge in [-0.05, 0) is 18.2 Å². The van der Waals surface area contributed by atoms with Gasteiger partial charge < -0.3 is 20.1 Å². The number of anilines is 1. The molecule has 138 valence electrons. The molecule has 0 aliphatic carbocycles. The Morgan fingerprint density at radius 1 is 1.38 bits per heavy atom. The molecule has 0 spiro atoms. The highest BCUT2D eigenvalue weighted by molar-refractivity contribution is 6.35. The molecule has 0 aliphatic rings. The Labute approximate surface area is 156 Å². The molecule has 0 aliphatic heterocycles. The summed E-state index contributed by atoms with van der Waals surface area (Å²) in [6.45, 7) is -0.168. The van der Waals surface area contributed by atoms with Crippen molar-refractivity contribution < 1.29 is 9.84 Å². The molecule has 0 radical (unpaired) electrons. The zero-order chi connectivity index (χ0) is 19.0. The van der Waals surface area contributed by atoms with Crippen LogP contribution in [0.5, 0.6) is 5.75 Å². The van der Waals surface area contributed by atoms with Crippen molar-refractivity contribution in [1.29, 1.82) is 0 Å². The predicted molar refractivity (Wildman–Crippen MR) is 98.0 cm³/mol. The zero-order valence-corrected chi connectivity index (χ0v) is 15.1. The summed E-state index contributed by atoms with van der Waals surface area (Å²) in [6.07, 6.45) is -1.02. The Hall–Kier alpha value is -2.49. The minimum Gasteiger partial charge on any atom is -0.489 e. The maximum atomic E-state index is 12.1. The summed E-state index contributed by atoms with van der Waals surface area (Å²) >= 11 is 11.8. The molecule has 2 heterocycles. The van der Waals surface area contributed by atoms with Crippen LogP contribution in [0, 0.1) is 0 Å². The summed E-state index contributed by atoms with van der Waals surface area (Å²) in [5, 5.41) is 11.0. The first-order valence-corrected chi connectivity index (χ1v) is 8.24. The van der Waals surface area contributed by atoms with Crippen molar-refractivity contribution in [3.8, 4) is 5.75 Å². The number of aliphatic hydroxyl groups excluding tert-OH is 1. The lowest BCUT2D eigenvalue weighted by Crippen LogP contribution is -2.30. The molecule has 11 heteroatoms. The summed E-state index contributed by atoms with van der Waals surface area (Å²) in [7, 11) is 1.46. The highest BCUT2D eigenvalue weighted by Crippen LogP contribution is 2.27. The largest absolute Gasteiger partial charge is 0.489 e. The smallest absolute Gasteiger partial charge is 0.329 e. The van der Waals surface area contributed by atoms with Crippen molar-refractivity contribution in [3.05, 3.63) is 49.1 Å². The first-order valence-electron chi connectivity index (χ1n) is 7.49. The highest BCUT2D eigenvalue weighted by Gasteiger charge is 2.18. The summed E-state index contributed by atoms with van der Waals surface area (Å²) in [5.74, 6) is 0.356. The van der Waals surface area contributed by atoms with Crippen molar-refractivity contribution in [1.82, 2.24) is 19.1 Å². The minimum absolute atomic E-state index is 0.00437. The number of nitrogens with zero attached hydrogens (tertiary/aromatic N) is 3. The number of rotatable bonds is 5. The Balaban J connectivity index is 1.82. The number of aromatic nitrogens is 4. The molecule has 3 rings (SSSR count). The molecule has 4 N–H and O–H groups in total. The quantitative estimate of drug-likeness (QED) is 0.580. The van der Waals surface area contributed by atoms with Crippen molar-refractivity contribution in [2.45, 2.75) is 12.6 Å². The second-order valence-electron chi connectivity index (χ2n) is 5.61. The number of H-pyrrole nitrogens is 1. The minimum atomic E-state index is -1.02. The normalized spacial score (nSPS) is 12.5. The third-order valence-electron chi connectivity index (χ3n) is 3.76. The number of benzene rings is 1. The summed E-state index contributed by atoms with van der Waals surface area (Å²) < 4.78 is 7.96. The van der Waals surface area contributed by atoms with Crippen molar-refractivity contribution >= 4 is 40.3 Å². The molecule has 9 nitrogen and oxygen atoms in total. The van der Waals surface area contributed by atoms with Gasteiger partial charge in [0, 0.05) is 12.1 Å². The zero-order valence-electron chi connectivity index (χ0n) is 13.6. The van der Waals surface area contributed by atoms with E-state index >= 15 is 0 Å². The number of ether oxygens (including phenoxy) is 1. The average Bonchev–Trinajstić information content (AvgIpc) is 2.89. The average molecular weight is 400 g/mol. The predicted octanol–water partition coefficient (Wildman–Crippen LogP) is 0.752. The Morgan fingerprint density at radius 3 is 2.81 bits per heavy atom. The lowest BCUT2D eigenvalue weighted by molar-refractivity contribution is 0.0939. The SMILES string of the molecule is Cn1c(=O)[nH]c(=O)c2c1nc(N)n2CC(O)COc1ccc(Cl)cc1Cl. The molecule has 1 atom stereocenters. The van der Waals surface area contributed by atoms with Crippen LogP contribution in [0.2, 0.25) is 10.0 Å². The van der Waals surface area contributed by atoms with E-state index in [4.69, 9.17) is 33.7 Å². The molecular formula is C15H15Cl2N5O4. The molecule has 26 heavy (non-hydrogen) atoms. The molecule has 0 saturated heterocycles. The van der Waals surface area contributed by atoms with E-state index in [1.54, 1.807) is 12.1 Å². The van der Waals surface area contributed by atoms with Crippen molar-refractivity contribution in [2.75, 3.05) is 12.3 Å². The Bertz CT molecular complexity index is 1090. The standard InChI is InChI=1S/C15H15Cl2N5O4/c1-21-12-11(13(24)20-15(21)25)22(14(18)19-12)5-8(23)6-26-10-3-2-7(16)4-9(10)17/h2-4,8,23H,5-6H2,1H3,(H2,18,19)(H,20,24,25). The van der Waals surface area contributed by atoms with Gasteiger partial charge in [-0.3, -0.25) is 14.3 Å². The molecule has 0 saturated carbocycles. The van der Waals surface area contributed by atoms with E-state index in [2.05, 4.69) is 9.97 Å². The van der Waals surface area contributed by atoms with E-state index in [0.717, 1.165) is 0 Å². The van der Waals surface area contributed by atoms with Gasteiger partial charge in [0.2, 0.25) is 5.95 Å². The number of halogens is 2. The van der Waals surface area contributed by atoms with Crippen LogP contribution in [0.3, 0.4) is 0 Å². The fraction of sp³-hybridized carbons (Fsp3) is 0.267. The molecule has 0 fully saturated rings. The van der Waals surface area contributed by atoms with Gasteiger partial charge in [0.25, 0.3) is 5.56 Å². The second-order valence-corrected chi connectivity index (χ2v) is 6.45. The first kappa shape index (κ1) is 18.3. The first-order chi connectivity index (χ1) is 12.3. The van der Waals surface area contributed by atoms with E-state index in [1.807, 2.05) is 0 Å². The second kappa shape index (κ2) is 7.02. The van der Waals surface area contributed by atoms with E-state index in [0.29, 0.717) is 15.8 Å². The number of fused-ring (bicyclic) bond motifs is 1. The van der Waals surface area contributed by atoms with Crippen LogP contribution >= 0.6 is 23.2 Å². The fourth-order valence-corrected chi connectivity index (χ4v) is 2.94. The van der Waals surface area contributed by atoms with Crippen LogP contribution in [0.4, 0.5) is 5.95 Å². The lowest BCUT2D eigenvalue weighted by atomic mass is 10.3. The lowest BCUT2D eigenvalue weighted by Gasteiger charge is -2.15. The Morgan fingerprint density at radius 2 is 2.12 bits per heavy atom. The van der Waals surface area contributed by atoms with Gasteiger partial charge in [0.05, 0.1) is 11.6 Å². The number of hydrogen-bond donors (Lipinski definition) is 3. The summed E-state index contributed by atoms with van der Waals surface area (Å²) in [6, 6.07) is 4.71. The number of aryl methyl sites for hydroxylation is 1. The maximum absolute atomic E-state index is 12.1. The summed E-state index contributed by atoms with van der Waals surface area (Å²) in [4.78, 5) is 29.9. The number of nitrogens with one attached hydrogen (secondary N) is 1. The van der Waals surface area contributed by atoms with Crippen LogP contribution in [0.15, 0.2) is 27.8 Å². The van der Waals surface area contributed by atoms with Crippen molar-refractivity contribution in [2.24, 2.45) is 7.05 Å². The molecule has 1 aromatic carbocycles. The third kappa shape index (κ3) is 3.41. The van der Waals surface area contributed by atoms with Gasteiger partial charge in [-0.25, -0.2) is 4.79 Å². The topological polar surface area (TPSA) is 128 Å². The van der Waals surface area contributed by atoms with E-state index in [9.17, 15) is 14.7 Å². The van der Waals surface area contributed by atoms with Gasteiger partial charge in [-0.1, -0.05) is 23.2 Å². The van der Waals surface area contributed by atoms with Crippen LogP contribution in [0.25, 0.3) is 11.2 Å².